The first-order valence-electron chi connectivity index (χ1n) is 19.2. The predicted molar refractivity (Wildman–Crippen MR) is 200 cm³/mol. The van der Waals surface area contributed by atoms with Crippen molar-refractivity contribution in [3.63, 3.8) is 0 Å². The standard InChI is InChI=1S/C41H60N4O7/c1-26(2)17-34(40(50)44-33(19-28-11-7-5-8-12-28)36(47)22-38(48)42-23-27(3)4)45-41(51)35(20-29-13-9-6-10-14-29)43-39(49)21-31-25-52-37-16-15-30(24-46)18-32(31)37/h6,9-10,13-16,18,26-28,31,33-36,46-47H,5,7-8,11-12,17,19-25H2,1-4H3,(H,42,48)(H,43,49)(H,44,50)(H,45,51)/t31?,33-,34-,35-,36-/m0/s1. The topological polar surface area (TPSA) is 166 Å². The highest BCUT2D eigenvalue weighted by atomic mass is 16.5. The van der Waals surface area contributed by atoms with E-state index in [2.05, 4.69) is 21.3 Å². The number of aliphatic hydroxyl groups is 2. The molecule has 52 heavy (non-hydrogen) atoms. The van der Waals surface area contributed by atoms with Gasteiger partial charge in [0, 0.05) is 30.9 Å². The SMILES string of the molecule is CC(C)CNC(=O)C[C@H](O)[C@H](CC1CCCCC1)NC(=O)[C@H](CC(C)C)NC(=O)[C@H](Cc1ccccc1)NC(=O)CC1COc2ccc(CO)cc21. The number of amides is 4. The summed E-state index contributed by atoms with van der Waals surface area (Å²) in [6, 6.07) is 12.3. The van der Waals surface area contributed by atoms with Crippen LogP contribution in [0.2, 0.25) is 0 Å². The Morgan fingerprint density at radius 2 is 1.54 bits per heavy atom. The van der Waals surface area contributed by atoms with Crippen molar-refractivity contribution in [3.05, 3.63) is 65.2 Å². The van der Waals surface area contributed by atoms with E-state index in [1.807, 2.05) is 64.1 Å². The molecule has 5 atom stereocenters. The van der Waals surface area contributed by atoms with Gasteiger partial charge in [-0.3, -0.25) is 19.2 Å². The van der Waals surface area contributed by atoms with E-state index in [-0.39, 0.29) is 55.4 Å². The van der Waals surface area contributed by atoms with E-state index in [0.29, 0.717) is 37.7 Å². The van der Waals surface area contributed by atoms with Gasteiger partial charge in [-0.2, -0.15) is 0 Å². The van der Waals surface area contributed by atoms with Crippen LogP contribution in [0.25, 0.3) is 0 Å². The molecule has 2 aromatic rings. The van der Waals surface area contributed by atoms with Crippen molar-refractivity contribution in [1.29, 1.82) is 0 Å². The minimum absolute atomic E-state index is 0.0491. The molecule has 0 saturated heterocycles. The van der Waals surface area contributed by atoms with Crippen LogP contribution in [0.5, 0.6) is 5.75 Å². The van der Waals surface area contributed by atoms with Gasteiger partial charge in [0.25, 0.3) is 0 Å². The molecular weight excluding hydrogens is 660 g/mol. The van der Waals surface area contributed by atoms with Gasteiger partial charge in [0.1, 0.15) is 17.8 Å². The molecule has 6 N–H and O–H groups in total. The molecule has 0 spiro atoms. The second-order valence-corrected chi connectivity index (χ2v) is 15.6. The number of hydrogen-bond acceptors (Lipinski definition) is 7. The minimum Gasteiger partial charge on any atom is -0.493 e. The van der Waals surface area contributed by atoms with Crippen LogP contribution in [-0.4, -0.2) is 71.2 Å². The largest absolute Gasteiger partial charge is 0.493 e. The monoisotopic (exact) mass is 720 g/mol. The Kier molecular flexibility index (Phi) is 15.9. The maximum Gasteiger partial charge on any atom is 0.243 e. The number of hydrogen-bond donors (Lipinski definition) is 6. The molecule has 286 valence electrons. The average molecular weight is 721 g/mol. The predicted octanol–water partition coefficient (Wildman–Crippen LogP) is 4.28. The van der Waals surface area contributed by atoms with Crippen molar-refractivity contribution in [2.24, 2.45) is 17.8 Å². The molecule has 0 bridgehead atoms. The Bertz CT molecular complexity index is 1460. The lowest BCUT2D eigenvalue weighted by atomic mass is 9.83. The van der Waals surface area contributed by atoms with E-state index in [4.69, 9.17) is 4.74 Å². The van der Waals surface area contributed by atoms with Crippen molar-refractivity contribution in [1.82, 2.24) is 21.3 Å². The quantitative estimate of drug-likeness (QED) is 0.126. The van der Waals surface area contributed by atoms with Crippen molar-refractivity contribution in [2.75, 3.05) is 13.2 Å². The van der Waals surface area contributed by atoms with Crippen LogP contribution in [0, 0.1) is 17.8 Å². The van der Waals surface area contributed by atoms with E-state index < -0.39 is 36.0 Å². The van der Waals surface area contributed by atoms with Gasteiger partial charge in [-0.1, -0.05) is 96.2 Å². The fourth-order valence-electron chi connectivity index (χ4n) is 7.21. The number of nitrogens with one attached hydrogen (secondary N) is 4. The third-order valence-corrected chi connectivity index (χ3v) is 10.0. The average Bonchev–Trinajstić information content (AvgIpc) is 3.51. The molecule has 2 aromatic carbocycles. The molecule has 4 rings (SSSR count). The van der Waals surface area contributed by atoms with E-state index in [1.165, 1.54) is 6.42 Å². The smallest absolute Gasteiger partial charge is 0.243 e. The highest BCUT2D eigenvalue weighted by Gasteiger charge is 2.33. The molecule has 11 heteroatoms. The second-order valence-electron chi connectivity index (χ2n) is 15.6. The molecule has 1 aliphatic carbocycles. The maximum absolute atomic E-state index is 14.0. The summed E-state index contributed by atoms with van der Waals surface area (Å²) >= 11 is 0. The summed E-state index contributed by atoms with van der Waals surface area (Å²) in [7, 11) is 0. The molecular formula is C41H60N4O7. The number of aliphatic hydroxyl groups excluding tert-OH is 2. The Morgan fingerprint density at radius 1 is 0.827 bits per heavy atom. The van der Waals surface area contributed by atoms with Gasteiger partial charge in [-0.15, -0.1) is 0 Å². The lowest BCUT2D eigenvalue weighted by Gasteiger charge is -2.32. The zero-order valence-corrected chi connectivity index (χ0v) is 31.4. The third-order valence-electron chi connectivity index (χ3n) is 10.0. The van der Waals surface area contributed by atoms with Crippen LogP contribution in [0.4, 0.5) is 0 Å². The van der Waals surface area contributed by atoms with Gasteiger partial charge in [0.2, 0.25) is 23.6 Å². The Hall–Kier alpha value is -3.96. The van der Waals surface area contributed by atoms with Crippen molar-refractivity contribution in [2.45, 2.75) is 129 Å². The number of benzene rings is 2. The van der Waals surface area contributed by atoms with E-state index in [1.54, 1.807) is 12.1 Å². The van der Waals surface area contributed by atoms with Gasteiger partial charge in [-0.05, 0) is 53.9 Å². The van der Waals surface area contributed by atoms with Gasteiger partial charge in [0.15, 0.2) is 0 Å². The Morgan fingerprint density at radius 3 is 2.21 bits per heavy atom. The van der Waals surface area contributed by atoms with Crippen LogP contribution in [-0.2, 0) is 32.2 Å². The molecule has 11 nitrogen and oxygen atoms in total. The molecule has 4 amide bonds. The van der Waals surface area contributed by atoms with Crippen molar-refractivity contribution < 1.29 is 34.1 Å². The van der Waals surface area contributed by atoms with E-state index in [9.17, 15) is 29.4 Å². The fourth-order valence-corrected chi connectivity index (χ4v) is 7.21. The van der Waals surface area contributed by atoms with Crippen molar-refractivity contribution >= 4 is 23.6 Å². The van der Waals surface area contributed by atoms with Crippen LogP contribution < -0.4 is 26.0 Å². The van der Waals surface area contributed by atoms with Gasteiger partial charge in [0.05, 0.1) is 31.8 Å². The lowest BCUT2D eigenvalue weighted by Crippen LogP contribution is -2.57. The first-order chi connectivity index (χ1) is 24.9. The number of rotatable bonds is 19. The molecule has 1 unspecified atom stereocenters. The summed E-state index contributed by atoms with van der Waals surface area (Å²) in [5, 5.41) is 32.7. The normalized spacial score (nSPS) is 18.1. The Balaban J connectivity index is 1.48. The van der Waals surface area contributed by atoms with Gasteiger partial charge >= 0.3 is 0 Å². The summed E-state index contributed by atoms with van der Waals surface area (Å²) in [5.74, 6) is -0.421. The Labute approximate surface area is 309 Å². The first-order valence-corrected chi connectivity index (χ1v) is 19.2. The van der Waals surface area contributed by atoms with Crippen molar-refractivity contribution in [3.8, 4) is 5.75 Å². The lowest BCUT2D eigenvalue weighted by molar-refractivity contribution is -0.133. The minimum atomic E-state index is -1.09. The van der Waals surface area contributed by atoms with Gasteiger partial charge in [-0.25, -0.2) is 0 Å². The fraction of sp³-hybridized carbons (Fsp3) is 0.610. The highest BCUT2D eigenvalue weighted by molar-refractivity contribution is 5.92. The van der Waals surface area contributed by atoms with Crippen LogP contribution in [0.15, 0.2) is 48.5 Å². The van der Waals surface area contributed by atoms with Crippen LogP contribution in [0.1, 0.15) is 108 Å². The molecule has 0 aromatic heterocycles. The van der Waals surface area contributed by atoms with Crippen LogP contribution >= 0.6 is 0 Å². The number of carbonyl (C=O) groups excluding carboxylic acids is 4. The zero-order valence-electron chi connectivity index (χ0n) is 31.4. The van der Waals surface area contributed by atoms with E-state index >= 15 is 0 Å². The summed E-state index contributed by atoms with van der Waals surface area (Å²) in [5.41, 5.74) is 2.43. The van der Waals surface area contributed by atoms with Gasteiger partial charge < -0.3 is 36.2 Å². The molecule has 1 heterocycles. The van der Waals surface area contributed by atoms with Crippen LogP contribution in [0.3, 0.4) is 0 Å². The molecule has 0 radical (unpaired) electrons. The molecule has 1 saturated carbocycles. The summed E-state index contributed by atoms with van der Waals surface area (Å²) in [6.07, 6.45) is 5.36. The molecule has 1 aliphatic heterocycles. The number of ether oxygens (including phenoxy) is 1. The van der Waals surface area contributed by atoms with E-state index in [0.717, 1.165) is 42.4 Å². The maximum atomic E-state index is 14.0. The summed E-state index contributed by atoms with van der Waals surface area (Å²) < 4.78 is 5.79. The third kappa shape index (κ3) is 12.9. The summed E-state index contributed by atoms with van der Waals surface area (Å²) in [4.78, 5) is 54.3. The number of fused-ring (bicyclic) bond motifs is 1. The number of carbonyl (C=O) groups is 4. The highest BCUT2D eigenvalue weighted by Crippen LogP contribution is 2.36. The molecule has 1 fully saturated rings. The zero-order chi connectivity index (χ0) is 37.6. The summed E-state index contributed by atoms with van der Waals surface area (Å²) in [6.45, 7) is 8.63. The first kappa shape index (κ1) is 40.8. The molecule has 2 aliphatic rings. The second kappa shape index (κ2) is 20.3.